The van der Waals surface area contributed by atoms with Gasteiger partial charge in [-0.1, -0.05) is 12.1 Å². The average Bonchev–Trinajstić information content (AvgIpc) is 2.54. The summed E-state index contributed by atoms with van der Waals surface area (Å²) in [5.74, 6) is -0.801. The first kappa shape index (κ1) is 17.9. The van der Waals surface area contributed by atoms with Crippen LogP contribution in [0.3, 0.4) is 0 Å². The first-order chi connectivity index (χ1) is 11.3. The van der Waals surface area contributed by atoms with E-state index >= 15 is 0 Å². The number of benzene rings is 1. The molecule has 0 saturated carbocycles. The van der Waals surface area contributed by atoms with Crippen molar-refractivity contribution in [3.05, 3.63) is 53.3 Å². The summed E-state index contributed by atoms with van der Waals surface area (Å²) in [6, 6.07) is 8.04. The van der Waals surface area contributed by atoms with Crippen LogP contribution in [0, 0.1) is 13.8 Å². The maximum Gasteiger partial charge on any atom is 0.273 e. The fourth-order valence-corrected chi connectivity index (χ4v) is 3.45. The molecule has 8 heteroatoms. The van der Waals surface area contributed by atoms with Gasteiger partial charge in [-0.2, -0.15) is 0 Å². The second kappa shape index (κ2) is 7.41. The lowest BCUT2D eigenvalue weighted by atomic mass is 10.2. The summed E-state index contributed by atoms with van der Waals surface area (Å²) < 4.78 is 27.0. The van der Waals surface area contributed by atoms with Crippen molar-refractivity contribution in [1.29, 1.82) is 0 Å². The van der Waals surface area contributed by atoms with Crippen LogP contribution in [0.4, 0.5) is 0 Å². The highest BCUT2D eigenvalue weighted by Gasteiger charge is 2.17. The van der Waals surface area contributed by atoms with E-state index in [1.807, 2.05) is 13.0 Å². The summed E-state index contributed by atoms with van der Waals surface area (Å²) in [4.78, 5) is 15.8. The first-order valence-electron chi connectivity index (χ1n) is 7.30. The van der Waals surface area contributed by atoms with Crippen molar-refractivity contribution in [2.45, 2.75) is 18.7 Å². The predicted octanol–water partition coefficient (Wildman–Crippen LogP) is 1.11. The van der Waals surface area contributed by atoms with Gasteiger partial charge < -0.3 is 10.4 Å². The third-order valence-electron chi connectivity index (χ3n) is 3.34. The van der Waals surface area contributed by atoms with Gasteiger partial charge in [-0.3, -0.25) is 4.79 Å². The van der Waals surface area contributed by atoms with E-state index in [1.54, 1.807) is 19.1 Å². The van der Waals surface area contributed by atoms with Crippen LogP contribution in [0.15, 0.2) is 41.4 Å². The lowest BCUT2D eigenvalue weighted by Crippen LogP contribution is -2.35. The van der Waals surface area contributed by atoms with E-state index in [1.165, 1.54) is 18.3 Å². The number of rotatable bonds is 6. The van der Waals surface area contributed by atoms with E-state index in [-0.39, 0.29) is 29.4 Å². The van der Waals surface area contributed by atoms with E-state index in [4.69, 9.17) is 0 Å². The summed E-state index contributed by atoms with van der Waals surface area (Å²) in [7, 11) is -3.65. The van der Waals surface area contributed by atoms with Crippen LogP contribution >= 0.6 is 0 Å². The molecule has 3 N–H and O–H groups in total. The molecular formula is C16H19N3O4S. The van der Waals surface area contributed by atoms with Crippen molar-refractivity contribution in [2.75, 3.05) is 13.1 Å². The molecule has 0 radical (unpaired) electrons. The van der Waals surface area contributed by atoms with Crippen LogP contribution in [0.2, 0.25) is 0 Å². The molecule has 0 bridgehead atoms. The molecule has 1 amide bonds. The second-order valence-corrected chi connectivity index (χ2v) is 7.03. The molecule has 0 fully saturated rings. The Bertz CT molecular complexity index is 850. The highest BCUT2D eigenvalue weighted by atomic mass is 32.2. The molecule has 7 nitrogen and oxygen atoms in total. The van der Waals surface area contributed by atoms with Crippen LogP contribution in [0.5, 0.6) is 5.75 Å². The topological polar surface area (TPSA) is 108 Å². The molecule has 1 aromatic carbocycles. The van der Waals surface area contributed by atoms with E-state index < -0.39 is 15.9 Å². The molecule has 0 unspecified atom stereocenters. The summed E-state index contributed by atoms with van der Waals surface area (Å²) in [5, 5.41) is 12.0. The number of aromatic nitrogens is 1. The number of hydrogen-bond donors (Lipinski definition) is 3. The molecule has 1 aromatic heterocycles. The molecule has 0 saturated heterocycles. The Balaban J connectivity index is 1.93. The smallest absolute Gasteiger partial charge is 0.273 e. The van der Waals surface area contributed by atoms with Gasteiger partial charge in [-0.05, 0) is 43.2 Å². The number of carbonyl (C=O) groups excluding carboxylic acids is 1. The molecule has 0 aliphatic heterocycles. The number of nitrogens with one attached hydrogen (secondary N) is 2. The zero-order valence-electron chi connectivity index (χ0n) is 13.4. The van der Waals surface area contributed by atoms with Crippen LogP contribution in [0.25, 0.3) is 0 Å². The normalized spacial score (nSPS) is 11.2. The Labute approximate surface area is 140 Å². The van der Waals surface area contributed by atoms with Gasteiger partial charge in [0.1, 0.15) is 5.75 Å². The standard InChI is InChI=1S/C16H19N3O4S/c1-11-5-6-12(2)14(10-11)24(22,23)19-9-8-18-16(21)15-13(20)4-3-7-17-15/h3-7,10,19-20H,8-9H2,1-2H3,(H,18,21). The second-order valence-electron chi connectivity index (χ2n) is 5.29. The molecule has 0 spiro atoms. The minimum absolute atomic E-state index is 0.0229. The maximum atomic E-state index is 12.3. The van der Waals surface area contributed by atoms with Crippen molar-refractivity contribution in [2.24, 2.45) is 0 Å². The Morgan fingerprint density at radius 2 is 1.96 bits per heavy atom. The van der Waals surface area contributed by atoms with E-state index in [2.05, 4.69) is 15.0 Å². The molecule has 0 aliphatic rings. The van der Waals surface area contributed by atoms with Crippen LogP contribution in [-0.4, -0.2) is 37.5 Å². The Kier molecular flexibility index (Phi) is 5.53. The molecule has 0 aliphatic carbocycles. The minimum Gasteiger partial charge on any atom is -0.505 e. The number of sulfonamides is 1. The molecule has 24 heavy (non-hydrogen) atoms. The molecule has 128 valence electrons. The molecule has 2 aromatic rings. The third kappa shape index (κ3) is 4.30. The van der Waals surface area contributed by atoms with Crippen molar-refractivity contribution in [3.8, 4) is 5.75 Å². The molecular weight excluding hydrogens is 330 g/mol. The third-order valence-corrected chi connectivity index (χ3v) is 4.94. The monoisotopic (exact) mass is 349 g/mol. The highest BCUT2D eigenvalue weighted by Crippen LogP contribution is 2.16. The molecule has 2 rings (SSSR count). The highest BCUT2D eigenvalue weighted by molar-refractivity contribution is 7.89. The summed E-state index contributed by atoms with van der Waals surface area (Å²) in [6.45, 7) is 3.63. The van der Waals surface area contributed by atoms with E-state index in [0.717, 1.165) is 5.56 Å². The van der Waals surface area contributed by atoms with Gasteiger partial charge in [0.2, 0.25) is 10.0 Å². The van der Waals surface area contributed by atoms with Gasteiger partial charge in [0, 0.05) is 19.3 Å². The minimum atomic E-state index is -3.65. The number of pyridine rings is 1. The van der Waals surface area contributed by atoms with Crippen molar-refractivity contribution >= 4 is 15.9 Å². The van der Waals surface area contributed by atoms with Crippen LogP contribution < -0.4 is 10.0 Å². The number of nitrogens with zero attached hydrogens (tertiary/aromatic N) is 1. The van der Waals surface area contributed by atoms with Gasteiger partial charge in [-0.15, -0.1) is 0 Å². The number of aromatic hydroxyl groups is 1. The maximum absolute atomic E-state index is 12.3. The molecule has 0 atom stereocenters. The van der Waals surface area contributed by atoms with Crippen molar-refractivity contribution in [1.82, 2.24) is 15.0 Å². The van der Waals surface area contributed by atoms with Crippen LogP contribution in [0.1, 0.15) is 21.6 Å². The summed E-state index contributed by atoms with van der Waals surface area (Å²) in [5.41, 5.74) is 1.39. The Morgan fingerprint density at radius 3 is 2.67 bits per heavy atom. The lowest BCUT2D eigenvalue weighted by Gasteiger charge is -2.11. The lowest BCUT2D eigenvalue weighted by molar-refractivity contribution is 0.0946. The Morgan fingerprint density at radius 1 is 1.21 bits per heavy atom. The van der Waals surface area contributed by atoms with Gasteiger partial charge in [0.05, 0.1) is 4.90 Å². The Hall–Kier alpha value is -2.45. The quantitative estimate of drug-likeness (QED) is 0.677. The SMILES string of the molecule is Cc1ccc(C)c(S(=O)(=O)NCCNC(=O)c2ncccc2O)c1. The number of carbonyl (C=O) groups is 1. The summed E-state index contributed by atoms with van der Waals surface area (Å²) in [6.07, 6.45) is 1.39. The largest absolute Gasteiger partial charge is 0.505 e. The average molecular weight is 349 g/mol. The number of aryl methyl sites for hydroxylation is 2. The van der Waals surface area contributed by atoms with Gasteiger partial charge >= 0.3 is 0 Å². The van der Waals surface area contributed by atoms with Gasteiger partial charge in [0.25, 0.3) is 5.91 Å². The van der Waals surface area contributed by atoms with E-state index in [0.29, 0.717) is 5.56 Å². The zero-order chi connectivity index (χ0) is 17.7. The van der Waals surface area contributed by atoms with Crippen molar-refractivity contribution in [3.63, 3.8) is 0 Å². The molecule has 1 heterocycles. The van der Waals surface area contributed by atoms with Gasteiger partial charge in [0.15, 0.2) is 5.69 Å². The van der Waals surface area contributed by atoms with Gasteiger partial charge in [-0.25, -0.2) is 18.1 Å². The number of hydrogen-bond acceptors (Lipinski definition) is 5. The van der Waals surface area contributed by atoms with Crippen molar-refractivity contribution < 1.29 is 18.3 Å². The predicted molar refractivity (Wildman–Crippen MR) is 89.3 cm³/mol. The number of amides is 1. The fraction of sp³-hybridized carbons (Fsp3) is 0.250. The first-order valence-corrected chi connectivity index (χ1v) is 8.78. The fourth-order valence-electron chi connectivity index (χ4n) is 2.09. The van der Waals surface area contributed by atoms with Crippen LogP contribution in [-0.2, 0) is 10.0 Å². The van der Waals surface area contributed by atoms with E-state index in [9.17, 15) is 18.3 Å². The summed E-state index contributed by atoms with van der Waals surface area (Å²) >= 11 is 0. The zero-order valence-corrected chi connectivity index (χ0v) is 14.2.